The van der Waals surface area contributed by atoms with E-state index in [1.54, 1.807) is 7.11 Å². The molecule has 5 aliphatic rings. The van der Waals surface area contributed by atoms with Crippen LogP contribution < -0.4 is 4.74 Å². The summed E-state index contributed by atoms with van der Waals surface area (Å²) in [5.41, 5.74) is 1.25. The molecule has 4 nitrogen and oxygen atoms in total. The molecule has 4 saturated carbocycles. The third kappa shape index (κ3) is 2.26. The van der Waals surface area contributed by atoms with Crippen LogP contribution in [0.5, 0.6) is 5.75 Å². The predicted molar refractivity (Wildman–Crippen MR) is 91.1 cm³/mol. The van der Waals surface area contributed by atoms with E-state index in [4.69, 9.17) is 4.74 Å². The van der Waals surface area contributed by atoms with Crippen molar-refractivity contribution >= 4 is 5.91 Å². The van der Waals surface area contributed by atoms with Crippen LogP contribution in [0.1, 0.15) is 37.7 Å². The predicted octanol–water partition coefficient (Wildman–Crippen LogP) is 3.08. The Hall–Kier alpha value is -1.55. The van der Waals surface area contributed by atoms with Gasteiger partial charge in [0.1, 0.15) is 5.75 Å². The monoisotopic (exact) mass is 326 g/mol. The molecule has 4 heteroatoms. The van der Waals surface area contributed by atoms with Gasteiger partial charge in [0.15, 0.2) is 0 Å². The third-order valence-electron chi connectivity index (χ3n) is 6.86. The minimum atomic E-state index is 0.334. The molecule has 24 heavy (non-hydrogen) atoms. The maximum absolute atomic E-state index is 12.4. The van der Waals surface area contributed by atoms with Crippen LogP contribution in [-0.2, 0) is 11.3 Å². The molecule has 1 aliphatic heterocycles. The lowest BCUT2D eigenvalue weighted by Crippen LogP contribution is -2.70. The van der Waals surface area contributed by atoms with Gasteiger partial charge in [-0.2, -0.15) is 0 Å². The van der Waals surface area contributed by atoms with Crippen LogP contribution in [0.15, 0.2) is 24.3 Å². The van der Waals surface area contributed by atoms with Gasteiger partial charge in [0, 0.05) is 6.54 Å². The number of rotatable bonds is 4. The lowest BCUT2D eigenvalue weighted by molar-refractivity contribution is -0.213. The SMILES string of the molecule is COc1ccc(CN2CC(=O)N2C2C3CC4CC(C3)CC2C4)cc1. The van der Waals surface area contributed by atoms with Crippen molar-refractivity contribution in [2.45, 2.75) is 44.7 Å². The Bertz CT molecular complexity index is 614. The maximum Gasteiger partial charge on any atom is 0.253 e. The zero-order chi connectivity index (χ0) is 16.3. The molecule has 0 spiro atoms. The molecule has 0 atom stereocenters. The van der Waals surface area contributed by atoms with Crippen molar-refractivity contribution in [1.82, 2.24) is 10.0 Å². The van der Waals surface area contributed by atoms with Crippen molar-refractivity contribution in [3.63, 3.8) is 0 Å². The van der Waals surface area contributed by atoms with Crippen molar-refractivity contribution in [2.24, 2.45) is 23.7 Å². The van der Waals surface area contributed by atoms with E-state index in [9.17, 15) is 4.79 Å². The quantitative estimate of drug-likeness (QED) is 0.852. The molecule has 0 radical (unpaired) electrons. The Morgan fingerprint density at radius 1 is 1.00 bits per heavy atom. The molecule has 1 amide bonds. The van der Waals surface area contributed by atoms with Crippen molar-refractivity contribution in [3.8, 4) is 5.75 Å². The molecule has 4 bridgehead atoms. The third-order valence-corrected chi connectivity index (χ3v) is 6.86. The van der Waals surface area contributed by atoms with E-state index in [0.29, 0.717) is 18.5 Å². The first-order valence-corrected chi connectivity index (χ1v) is 9.41. The second kappa shape index (κ2) is 5.48. The summed E-state index contributed by atoms with van der Waals surface area (Å²) in [4.78, 5) is 12.4. The number of carbonyl (C=O) groups is 1. The van der Waals surface area contributed by atoms with E-state index in [0.717, 1.165) is 36.0 Å². The van der Waals surface area contributed by atoms with E-state index in [1.807, 2.05) is 12.1 Å². The van der Waals surface area contributed by atoms with Gasteiger partial charge in [-0.3, -0.25) is 9.80 Å². The minimum absolute atomic E-state index is 0.334. The highest BCUT2D eigenvalue weighted by molar-refractivity contribution is 5.83. The summed E-state index contributed by atoms with van der Waals surface area (Å²) in [6, 6.07) is 8.71. The smallest absolute Gasteiger partial charge is 0.253 e. The van der Waals surface area contributed by atoms with Crippen LogP contribution in [0, 0.1) is 23.7 Å². The lowest BCUT2D eigenvalue weighted by atomic mass is 9.54. The molecule has 1 saturated heterocycles. The standard InChI is InChI=1S/C20H26N2O2/c1-24-18-4-2-13(3-5-18)11-21-12-19(23)22(21)20-16-7-14-6-15(9-16)10-17(20)8-14/h2-5,14-17,20H,6-12H2,1H3. The fourth-order valence-corrected chi connectivity index (χ4v) is 6.11. The molecule has 128 valence electrons. The lowest BCUT2D eigenvalue weighted by Gasteiger charge is -2.61. The second-order valence-corrected chi connectivity index (χ2v) is 8.33. The number of amides is 1. The van der Waals surface area contributed by atoms with E-state index < -0.39 is 0 Å². The number of ether oxygens (including phenoxy) is 1. The topological polar surface area (TPSA) is 32.8 Å². The zero-order valence-corrected chi connectivity index (χ0v) is 14.4. The van der Waals surface area contributed by atoms with E-state index in [2.05, 4.69) is 22.2 Å². The van der Waals surface area contributed by atoms with Crippen molar-refractivity contribution in [3.05, 3.63) is 29.8 Å². The molecule has 0 aromatic heterocycles. The van der Waals surface area contributed by atoms with Crippen molar-refractivity contribution in [2.75, 3.05) is 13.7 Å². The van der Waals surface area contributed by atoms with Gasteiger partial charge in [0.25, 0.3) is 5.91 Å². The molecular weight excluding hydrogens is 300 g/mol. The summed E-state index contributed by atoms with van der Waals surface area (Å²) in [5.74, 6) is 4.63. The summed E-state index contributed by atoms with van der Waals surface area (Å²) in [6.45, 7) is 1.41. The zero-order valence-electron chi connectivity index (χ0n) is 14.4. The molecule has 1 aromatic rings. The van der Waals surface area contributed by atoms with Gasteiger partial charge in [-0.25, -0.2) is 5.01 Å². The highest BCUT2D eigenvalue weighted by Gasteiger charge is 2.54. The first-order valence-electron chi connectivity index (χ1n) is 9.41. The number of nitrogens with zero attached hydrogens (tertiary/aromatic N) is 2. The molecule has 4 aliphatic carbocycles. The highest BCUT2D eigenvalue weighted by Crippen LogP contribution is 2.55. The van der Waals surface area contributed by atoms with Gasteiger partial charge in [0.2, 0.25) is 0 Å². The van der Waals surface area contributed by atoms with E-state index in [1.165, 1.54) is 37.7 Å². The van der Waals surface area contributed by atoms with Gasteiger partial charge in [-0.05, 0) is 73.5 Å². The second-order valence-electron chi connectivity index (χ2n) is 8.33. The number of benzene rings is 1. The Morgan fingerprint density at radius 3 is 2.17 bits per heavy atom. The summed E-state index contributed by atoms with van der Waals surface area (Å²) in [7, 11) is 1.69. The Kier molecular flexibility index (Phi) is 3.37. The average molecular weight is 326 g/mol. The number of hydrazine groups is 1. The molecular formula is C20H26N2O2. The number of hydrogen-bond donors (Lipinski definition) is 0. The summed E-state index contributed by atoms with van der Waals surface area (Å²) < 4.78 is 5.23. The first-order chi connectivity index (χ1) is 11.7. The number of hydrogen-bond acceptors (Lipinski definition) is 3. The summed E-state index contributed by atoms with van der Waals surface area (Å²) in [5, 5.41) is 4.42. The normalized spacial score (nSPS) is 37.6. The fourth-order valence-electron chi connectivity index (χ4n) is 6.11. The average Bonchev–Trinajstić information content (AvgIpc) is 2.57. The molecule has 0 N–H and O–H groups in total. The fraction of sp³-hybridized carbons (Fsp3) is 0.650. The van der Waals surface area contributed by atoms with Crippen LogP contribution in [0.4, 0.5) is 0 Å². The molecule has 1 heterocycles. The molecule has 0 unspecified atom stereocenters. The number of carbonyl (C=O) groups excluding carboxylic acids is 1. The highest BCUT2D eigenvalue weighted by atomic mass is 16.5. The summed E-state index contributed by atoms with van der Waals surface area (Å²) >= 11 is 0. The van der Waals surface area contributed by atoms with Gasteiger partial charge in [0.05, 0.1) is 19.7 Å². The number of methoxy groups -OCH3 is 1. The van der Waals surface area contributed by atoms with Gasteiger partial charge in [-0.15, -0.1) is 0 Å². The maximum atomic E-state index is 12.4. The van der Waals surface area contributed by atoms with Crippen molar-refractivity contribution < 1.29 is 9.53 Å². The Balaban J connectivity index is 1.32. The van der Waals surface area contributed by atoms with Crippen LogP contribution in [0.25, 0.3) is 0 Å². The van der Waals surface area contributed by atoms with E-state index in [-0.39, 0.29) is 0 Å². The molecule has 1 aromatic carbocycles. The van der Waals surface area contributed by atoms with Crippen LogP contribution in [0.2, 0.25) is 0 Å². The first kappa shape index (κ1) is 14.8. The molecule has 6 rings (SSSR count). The van der Waals surface area contributed by atoms with Gasteiger partial charge in [-0.1, -0.05) is 12.1 Å². The van der Waals surface area contributed by atoms with Crippen LogP contribution in [-0.4, -0.2) is 35.6 Å². The van der Waals surface area contributed by atoms with Crippen molar-refractivity contribution in [1.29, 1.82) is 0 Å². The molecule has 5 fully saturated rings. The van der Waals surface area contributed by atoms with Crippen LogP contribution in [0.3, 0.4) is 0 Å². The minimum Gasteiger partial charge on any atom is -0.497 e. The van der Waals surface area contributed by atoms with Gasteiger partial charge < -0.3 is 4.74 Å². The summed E-state index contributed by atoms with van der Waals surface area (Å²) in [6.07, 6.45) is 6.90. The Morgan fingerprint density at radius 2 is 1.62 bits per heavy atom. The van der Waals surface area contributed by atoms with Crippen LogP contribution >= 0.6 is 0 Å². The van der Waals surface area contributed by atoms with E-state index >= 15 is 0 Å². The largest absolute Gasteiger partial charge is 0.497 e. The van der Waals surface area contributed by atoms with Gasteiger partial charge >= 0.3 is 0 Å². The Labute approximate surface area is 143 Å².